The van der Waals surface area contributed by atoms with Crippen LogP contribution in [0.3, 0.4) is 0 Å². The Morgan fingerprint density at radius 3 is 3.00 bits per heavy atom. The minimum absolute atomic E-state index is 0.238. The summed E-state index contributed by atoms with van der Waals surface area (Å²) in [5, 5.41) is 14.6. The van der Waals surface area contributed by atoms with Gasteiger partial charge in [0, 0.05) is 6.20 Å². The second kappa shape index (κ2) is 2.49. The van der Waals surface area contributed by atoms with Crippen molar-refractivity contribution in [1.82, 2.24) is 10.2 Å². The summed E-state index contributed by atoms with van der Waals surface area (Å²) >= 11 is 0. The first-order valence-corrected chi connectivity index (χ1v) is 2.69. The predicted octanol–water partition coefficient (Wildman–Crippen LogP) is -0.999. The van der Waals surface area contributed by atoms with Gasteiger partial charge in [-0.15, -0.1) is 0 Å². The molecule has 0 fully saturated rings. The quantitative estimate of drug-likeness (QED) is 0.493. The molecule has 0 atom stereocenters. The fourth-order valence-electron chi connectivity index (χ4n) is 0.652. The summed E-state index contributed by atoms with van der Waals surface area (Å²) in [6.07, 6.45) is 1.36. The van der Waals surface area contributed by atoms with Gasteiger partial charge in [0.15, 0.2) is 0 Å². The van der Waals surface area contributed by atoms with Gasteiger partial charge in [0.05, 0.1) is 12.2 Å². The summed E-state index contributed by atoms with van der Waals surface area (Å²) < 4.78 is 0. The molecule has 1 rings (SSSR count). The molecule has 1 aromatic rings. The molecule has 0 unspecified atom stereocenters. The minimum Gasteiger partial charge on any atom is -0.390 e. The van der Waals surface area contributed by atoms with E-state index in [0.29, 0.717) is 0 Å². The van der Waals surface area contributed by atoms with Crippen molar-refractivity contribution < 1.29 is 9.90 Å². The standard InChI is InChI=1S/C5H7N3O2/c6-5(10)3-1-7-8-4(3)2-9/h1,9H,2H2,(H2,6,10)(H,7,8). The van der Waals surface area contributed by atoms with E-state index in [9.17, 15) is 4.79 Å². The van der Waals surface area contributed by atoms with Gasteiger partial charge in [-0.1, -0.05) is 0 Å². The van der Waals surface area contributed by atoms with Gasteiger partial charge in [-0.2, -0.15) is 5.10 Å². The number of hydrogen-bond acceptors (Lipinski definition) is 3. The fourth-order valence-corrected chi connectivity index (χ4v) is 0.652. The zero-order chi connectivity index (χ0) is 7.56. The second-order valence-electron chi connectivity index (χ2n) is 1.77. The molecule has 0 saturated carbocycles. The molecule has 4 N–H and O–H groups in total. The third-order valence-corrected chi connectivity index (χ3v) is 1.13. The molecule has 5 heteroatoms. The first-order valence-electron chi connectivity index (χ1n) is 2.69. The van der Waals surface area contributed by atoms with Crippen LogP contribution in [0.15, 0.2) is 6.20 Å². The Morgan fingerprint density at radius 1 is 1.90 bits per heavy atom. The number of nitrogens with one attached hydrogen (secondary N) is 1. The van der Waals surface area contributed by atoms with Crippen LogP contribution in [-0.2, 0) is 6.61 Å². The van der Waals surface area contributed by atoms with Crippen LogP contribution in [0.25, 0.3) is 0 Å². The highest BCUT2D eigenvalue weighted by molar-refractivity contribution is 5.93. The van der Waals surface area contributed by atoms with Crippen LogP contribution in [0, 0.1) is 0 Å². The summed E-state index contributed by atoms with van der Waals surface area (Å²) in [5.74, 6) is -0.585. The second-order valence-corrected chi connectivity index (χ2v) is 1.77. The van der Waals surface area contributed by atoms with E-state index in [2.05, 4.69) is 10.2 Å². The molecule has 5 nitrogen and oxygen atoms in total. The smallest absolute Gasteiger partial charge is 0.252 e. The number of nitrogens with two attached hydrogens (primary N) is 1. The van der Waals surface area contributed by atoms with Gasteiger partial charge in [0.1, 0.15) is 5.69 Å². The molecule has 1 heterocycles. The number of carbonyl (C=O) groups is 1. The molecule has 0 aliphatic heterocycles. The normalized spacial score (nSPS) is 9.70. The summed E-state index contributed by atoms with van der Waals surface area (Å²) in [7, 11) is 0. The molecule has 0 aliphatic rings. The Labute approximate surface area is 56.9 Å². The number of primary amides is 1. The first kappa shape index (κ1) is 6.76. The SMILES string of the molecule is NC(=O)c1c[nH]nc1CO. The van der Waals surface area contributed by atoms with Crippen LogP contribution in [0.5, 0.6) is 0 Å². The zero-order valence-electron chi connectivity index (χ0n) is 5.16. The van der Waals surface area contributed by atoms with Crippen molar-refractivity contribution in [3.63, 3.8) is 0 Å². The molecule has 0 aliphatic carbocycles. The number of carbonyl (C=O) groups excluding carboxylic acids is 1. The van der Waals surface area contributed by atoms with Crippen molar-refractivity contribution in [3.05, 3.63) is 17.5 Å². The number of rotatable bonds is 2. The largest absolute Gasteiger partial charge is 0.390 e. The number of amides is 1. The van der Waals surface area contributed by atoms with E-state index in [-0.39, 0.29) is 17.9 Å². The summed E-state index contributed by atoms with van der Waals surface area (Å²) in [6.45, 7) is -0.276. The van der Waals surface area contributed by atoms with Crippen molar-refractivity contribution in [1.29, 1.82) is 0 Å². The van der Waals surface area contributed by atoms with Gasteiger partial charge in [-0.05, 0) is 0 Å². The van der Waals surface area contributed by atoms with Crippen molar-refractivity contribution >= 4 is 5.91 Å². The summed E-state index contributed by atoms with van der Waals surface area (Å²) in [6, 6.07) is 0. The highest BCUT2D eigenvalue weighted by atomic mass is 16.3. The molecule has 0 spiro atoms. The van der Waals surface area contributed by atoms with E-state index >= 15 is 0 Å². The summed E-state index contributed by atoms with van der Waals surface area (Å²) in [5.41, 5.74) is 5.45. The Bertz CT molecular complexity index is 243. The van der Waals surface area contributed by atoms with Gasteiger partial charge >= 0.3 is 0 Å². The van der Waals surface area contributed by atoms with Gasteiger partial charge in [0.25, 0.3) is 5.91 Å². The van der Waals surface area contributed by atoms with E-state index in [1.165, 1.54) is 6.20 Å². The average molecular weight is 141 g/mol. The van der Waals surface area contributed by atoms with Crippen LogP contribution in [0.4, 0.5) is 0 Å². The van der Waals surface area contributed by atoms with Crippen LogP contribution < -0.4 is 5.73 Å². The number of aromatic nitrogens is 2. The van der Waals surface area contributed by atoms with Crippen LogP contribution >= 0.6 is 0 Å². The lowest BCUT2D eigenvalue weighted by Gasteiger charge is -1.89. The Balaban J connectivity index is 3.01. The lowest BCUT2D eigenvalue weighted by Crippen LogP contribution is -2.12. The molecule has 0 bridgehead atoms. The predicted molar refractivity (Wildman–Crippen MR) is 33.0 cm³/mol. The number of H-pyrrole nitrogens is 1. The molecule has 54 valence electrons. The molecule has 1 aromatic heterocycles. The molecule has 0 radical (unpaired) electrons. The summed E-state index contributed by atoms with van der Waals surface area (Å²) in [4.78, 5) is 10.5. The van der Waals surface area contributed by atoms with Crippen LogP contribution in [0.1, 0.15) is 16.1 Å². The van der Waals surface area contributed by atoms with E-state index in [0.717, 1.165) is 0 Å². The highest BCUT2D eigenvalue weighted by Gasteiger charge is 2.08. The fraction of sp³-hybridized carbons (Fsp3) is 0.200. The van der Waals surface area contributed by atoms with E-state index in [1.807, 2.05) is 0 Å². The number of aromatic amines is 1. The van der Waals surface area contributed by atoms with E-state index < -0.39 is 5.91 Å². The highest BCUT2D eigenvalue weighted by Crippen LogP contribution is 2.01. The van der Waals surface area contributed by atoms with Gasteiger partial charge in [-0.3, -0.25) is 9.89 Å². The molecular formula is C5H7N3O2. The topological polar surface area (TPSA) is 92.0 Å². The van der Waals surface area contributed by atoms with E-state index in [1.54, 1.807) is 0 Å². The third kappa shape index (κ3) is 0.985. The third-order valence-electron chi connectivity index (χ3n) is 1.13. The number of nitrogens with zero attached hydrogens (tertiary/aromatic N) is 1. The minimum atomic E-state index is -0.585. The van der Waals surface area contributed by atoms with Crippen molar-refractivity contribution in [3.8, 4) is 0 Å². The molecular weight excluding hydrogens is 134 g/mol. The maximum Gasteiger partial charge on any atom is 0.252 e. The van der Waals surface area contributed by atoms with Gasteiger partial charge < -0.3 is 10.8 Å². The van der Waals surface area contributed by atoms with Crippen molar-refractivity contribution in [2.75, 3.05) is 0 Å². The molecule has 1 amide bonds. The van der Waals surface area contributed by atoms with Crippen LogP contribution in [-0.4, -0.2) is 21.2 Å². The number of aliphatic hydroxyl groups is 1. The molecule has 10 heavy (non-hydrogen) atoms. The first-order chi connectivity index (χ1) is 4.75. The lowest BCUT2D eigenvalue weighted by molar-refractivity contribution is 0.0997. The monoisotopic (exact) mass is 141 g/mol. The maximum atomic E-state index is 10.5. The molecule has 0 saturated heterocycles. The van der Waals surface area contributed by atoms with Crippen LogP contribution in [0.2, 0.25) is 0 Å². The van der Waals surface area contributed by atoms with Gasteiger partial charge in [-0.25, -0.2) is 0 Å². The van der Waals surface area contributed by atoms with E-state index in [4.69, 9.17) is 10.8 Å². The Morgan fingerprint density at radius 2 is 2.60 bits per heavy atom. The number of hydrogen-bond donors (Lipinski definition) is 3. The Kier molecular flexibility index (Phi) is 1.68. The number of aliphatic hydroxyl groups excluding tert-OH is 1. The Hall–Kier alpha value is -1.36. The van der Waals surface area contributed by atoms with Crippen molar-refractivity contribution in [2.24, 2.45) is 5.73 Å². The average Bonchev–Trinajstić information content (AvgIpc) is 2.33. The maximum absolute atomic E-state index is 10.5. The zero-order valence-corrected chi connectivity index (χ0v) is 5.16. The molecule has 0 aromatic carbocycles. The lowest BCUT2D eigenvalue weighted by atomic mass is 10.2. The van der Waals surface area contributed by atoms with Crippen molar-refractivity contribution in [2.45, 2.75) is 6.61 Å². The van der Waals surface area contributed by atoms with Gasteiger partial charge in [0.2, 0.25) is 0 Å².